The second kappa shape index (κ2) is 21.0. The zero-order valence-electron chi connectivity index (χ0n) is 27.2. The summed E-state index contributed by atoms with van der Waals surface area (Å²) < 4.78 is 12.4. The van der Waals surface area contributed by atoms with E-state index in [-0.39, 0.29) is 132 Å². The number of hydrogen-bond acceptors (Lipinski definition) is 11. The predicted molar refractivity (Wildman–Crippen MR) is 161 cm³/mol. The summed E-state index contributed by atoms with van der Waals surface area (Å²) in [5.74, 6) is 0.186. The van der Waals surface area contributed by atoms with Crippen LogP contribution in [0.5, 0.6) is 0 Å². The number of nitrogens with one attached hydrogen (secondary N) is 1. The van der Waals surface area contributed by atoms with Crippen LogP contribution >= 0.6 is 23.2 Å². The number of anilines is 1. The summed E-state index contributed by atoms with van der Waals surface area (Å²) in [5, 5.41) is 32.7. The van der Waals surface area contributed by atoms with E-state index in [4.69, 9.17) is 33.3 Å². The van der Waals surface area contributed by atoms with Gasteiger partial charge in [0.1, 0.15) is 17.4 Å². The summed E-state index contributed by atoms with van der Waals surface area (Å²) in [6.45, 7) is 3.76. The number of carbonyl (C=O) groups is 3. The van der Waals surface area contributed by atoms with Gasteiger partial charge in [-0.05, 0) is 61.7 Å². The second-order valence-electron chi connectivity index (χ2n) is 11.5. The van der Waals surface area contributed by atoms with Gasteiger partial charge in [-0.2, -0.15) is 0 Å². The van der Waals surface area contributed by atoms with E-state index >= 15 is 0 Å². The number of rotatable bonds is 4. The summed E-state index contributed by atoms with van der Waals surface area (Å²) in [5.41, 5.74) is 1.33. The van der Waals surface area contributed by atoms with E-state index in [2.05, 4.69) is 15.1 Å². The van der Waals surface area contributed by atoms with Crippen LogP contribution in [0.2, 0.25) is 10.0 Å². The number of piperidine rings is 2. The minimum atomic E-state index is -0.655. The van der Waals surface area contributed by atoms with E-state index in [1.807, 2.05) is 0 Å². The number of benzene rings is 2. The number of ketones is 2. The van der Waals surface area contributed by atoms with Crippen molar-refractivity contribution in [3.05, 3.63) is 72.5 Å². The standard InChI is InChI=1S/C14H15ClN2O3.C8H13NO.C6H3ClFNO2.CH2O3.2K.H/c15-12-7-10(17(19)20)1-2-13(12)16-5-3-14(4-6-16)8-11(18)9-14;10-7-5-8(6-7)1-3-9-4-2-8;7-5-3-4(9(10)11)1-2-6(5)8;2-1-4-3;;;/h1-2,7H,3-6,8-9H2;9H,1-6H2;1-3H;1,3H;;;/q;;;;2*+1;-1/p-1. The second-order valence-corrected chi connectivity index (χ2v) is 12.3. The van der Waals surface area contributed by atoms with Gasteiger partial charge in [0.2, 0.25) is 0 Å². The van der Waals surface area contributed by atoms with Gasteiger partial charge in [-0.1, -0.05) is 23.2 Å². The van der Waals surface area contributed by atoms with E-state index in [0.29, 0.717) is 22.0 Å². The van der Waals surface area contributed by atoms with Gasteiger partial charge in [0.15, 0.2) is 0 Å². The number of halogens is 3. The van der Waals surface area contributed by atoms with Gasteiger partial charge in [0.05, 0.1) is 25.6 Å². The van der Waals surface area contributed by atoms with Crippen LogP contribution in [0, 0.1) is 36.9 Å². The molecule has 13 nitrogen and oxygen atoms in total. The smallest absolute Gasteiger partial charge is 1.00 e. The number of non-ortho nitro benzene ring substituents is 2. The maximum absolute atomic E-state index is 12.4. The van der Waals surface area contributed by atoms with Crippen molar-refractivity contribution in [2.45, 2.75) is 51.4 Å². The van der Waals surface area contributed by atoms with Gasteiger partial charge < -0.3 is 21.8 Å². The number of nitro groups is 2. The van der Waals surface area contributed by atoms with Crippen LogP contribution in [0.1, 0.15) is 52.8 Å². The molecule has 246 valence electrons. The molecule has 1 N–H and O–H groups in total. The normalized spacial score (nSPS) is 18.0. The third-order valence-electron chi connectivity index (χ3n) is 8.41. The van der Waals surface area contributed by atoms with Crippen molar-refractivity contribution in [3.63, 3.8) is 0 Å². The Morgan fingerprint density at radius 2 is 1.26 bits per heavy atom. The molecule has 2 saturated heterocycles. The molecular weight excluding hydrogens is 716 g/mol. The van der Waals surface area contributed by atoms with Crippen molar-refractivity contribution < 1.29 is 143 Å². The molecule has 2 aliphatic carbocycles. The molecule has 0 radical (unpaired) electrons. The predicted octanol–water partition coefficient (Wildman–Crippen LogP) is -1.14. The average Bonchev–Trinajstić information content (AvgIpc) is 2.99. The van der Waals surface area contributed by atoms with E-state index in [1.165, 1.54) is 25.0 Å². The Bertz CT molecular complexity index is 1410. The Labute approximate surface area is 367 Å². The first-order valence-electron chi connectivity index (χ1n) is 14.1. The van der Waals surface area contributed by atoms with Gasteiger partial charge >= 0.3 is 103 Å². The van der Waals surface area contributed by atoms with Crippen molar-refractivity contribution in [2.24, 2.45) is 10.8 Å². The molecule has 2 aliphatic heterocycles. The zero-order valence-corrected chi connectivity index (χ0v) is 33.9. The molecule has 2 spiro atoms. The largest absolute Gasteiger partial charge is 1.00 e. The summed E-state index contributed by atoms with van der Waals surface area (Å²) in [7, 11) is 0. The van der Waals surface area contributed by atoms with E-state index in [1.54, 1.807) is 6.07 Å². The summed E-state index contributed by atoms with van der Waals surface area (Å²) in [4.78, 5) is 55.1. The van der Waals surface area contributed by atoms with Crippen molar-refractivity contribution in [3.8, 4) is 0 Å². The van der Waals surface area contributed by atoms with Crippen LogP contribution in [-0.2, 0) is 19.3 Å². The molecule has 0 atom stereocenters. The first kappa shape index (κ1) is 44.6. The summed E-state index contributed by atoms with van der Waals surface area (Å²) in [6, 6.07) is 7.58. The quantitative estimate of drug-likeness (QED) is 0.131. The molecule has 18 heteroatoms. The molecule has 0 unspecified atom stereocenters. The number of hydrogen-bond donors (Lipinski definition) is 1. The van der Waals surface area contributed by atoms with Crippen molar-refractivity contribution >= 4 is 58.3 Å². The first-order chi connectivity index (χ1) is 21.3. The molecule has 6 rings (SSSR count). The molecule has 0 amide bonds. The van der Waals surface area contributed by atoms with E-state index in [9.17, 15) is 34.2 Å². The topological polar surface area (TPSA) is 185 Å². The average molecular weight is 750 g/mol. The van der Waals surface area contributed by atoms with Gasteiger partial charge in [0.25, 0.3) is 17.8 Å². The SMILES string of the molecule is O=C1CC2(CCN(c3ccc([N+](=O)[O-])cc3Cl)CC2)C1.O=C1CC2(CCNCC2)C1.O=CO[O-].O=[N+]([O-])c1ccc(F)c(Cl)c1.[H-].[K+].[K+]. The Morgan fingerprint density at radius 3 is 1.64 bits per heavy atom. The third kappa shape index (κ3) is 13.3. The van der Waals surface area contributed by atoms with Crippen molar-refractivity contribution in [1.29, 1.82) is 0 Å². The third-order valence-corrected chi connectivity index (χ3v) is 9.01. The van der Waals surface area contributed by atoms with E-state index < -0.39 is 15.7 Å². The zero-order chi connectivity index (χ0) is 33.2. The van der Waals surface area contributed by atoms with Crippen LogP contribution in [0.25, 0.3) is 0 Å². The first-order valence-corrected chi connectivity index (χ1v) is 14.8. The van der Waals surface area contributed by atoms with Crippen LogP contribution in [0.3, 0.4) is 0 Å². The molecule has 2 aromatic rings. The number of nitrogens with zero attached hydrogens (tertiary/aromatic N) is 3. The van der Waals surface area contributed by atoms with Crippen LogP contribution < -0.4 is 118 Å². The summed E-state index contributed by atoms with van der Waals surface area (Å²) >= 11 is 11.4. The Hall–Kier alpha value is -0.447. The molecule has 4 aliphatic rings. The van der Waals surface area contributed by atoms with Gasteiger partial charge in [-0.25, -0.2) is 4.39 Å². The Kier molecular flexibility index (Phi) is 20.0. The van der Waals surface area contributed by atoms with Gasteiger partial charge in [-0.15, -0.1) is 0 Å². The number of Topliss-reactive ketones (excluding diaryl/α,β-unsaturated/α-hetero) is 2. The number of carbonyl (C=O) groups excluding carboxylic acids is 3. The molecule has 2 heterocycles. The van der Waals surface area contributed by atoms with Crippen LogP contribution in [0.4, 0.5) is 21.5 Å². The van der Waals surface area contributed by atoms with Crippen LogP contribution in [0.15, 0.2) is 36.4 Å². The fourth-order valence-corrected chi connectivity index (χ4v) is 6.39. The summed E-state index contributed by atoms with van der Waals surface area (Å²) in [6.07, 6.45) is 7.60. The Balaban J connectivity index is 0.000000677. The van der Waals surface area contributed by atoms with E-state index in [0.717, 1.165) is 88.6 Å². The van der Waals surface area contributed by atoms with Crippen molar-refractivity contribution in [2.75, 3.05) is 31.1 Å². The molecular formula is C29H33Cl2FK2N4O9. The van der Waals surface area contributed by atoms with Crippen molar-refractivity contribution in [1.82, 2.24) is 5.32 Å². The molecule has 2 saturated carbocycles. The molecule has 47 heavy (non-hydrogen) atoms. The molecule has 2 aromatic carbocycles. The fraction of sp³-hybridized carbons (Fsp3) is 0.483. The van der Waals surface area contributed by atoms with Gasteiger partial charge in [-0.3, -0.25) is 34.6 Å². The fourth-order valence-electron chi connectivity index (χ4n) is 5.92. The minimum absolute atomic E-state index is 0. The van der Waals surface area contributed by atoms with Gasteiger partial charge in [0, 0.05) is 63.0 Å². The number of nitro benzene ring substituents is 2. The van der Waals surface area contributed by atoms with Crippen LogP contribution in [-0.4, -0.2) is 54.1 Å². The molecule has 4 fully saturated rings. The maximum atomic E-state index is 12.4. The molecule has 0 aromatic heterocycles. The minimum Gasteiger partial charge on any atom is -1.00 e. The Morgan fingerprint density at radius 1 is 0.830 bits per heavy atom. The monoisotopic (exact) mass is 748 g/mol. The molecule has 0 bridgehead atoms. The maximum Gasteiger partial charge on any atom is 1.00 e.